The van der Waals surface area contributed by atoms with Crippen LogP contribution in [0.25, 0.3) is 0 Å². The second-order valence-corrected chi connectivity index (χ2v) is 3.51. The van der Waals surface area contributed by atoms with Gasteiger partial charge in [0.1, 0.15) is 5.41 Å². The van der Waals surface area contributed by atoms with Gasteiger partial charge in [0.15, 0.2) is 0 Å². The molecule has 0 aliphatic rings. The molecule has 1 atom stereocenters. The standard InChI is InChI=1S/C10H19/c1-7-10(6,8(2)3)9(4)5/h7,9H,2H2,1,3-6H3/q+1. The van der Waals surface area contributed by atoms with E-state index in [0.717, 1.165) is 0 Å². The SMILES string of the molecule is C=C(C)C(C)([CH+]C)C(C)C. The molecule has 0 bridgehead atoms. The lowest BCUT2D eigenvalue weighted by Crippen LogP contribution is -2.23. The summed E-state index contributed by atoms with van der Waals surface area (Å²) >= 11 is 0. The van der Waals surface area contributed by atoms with Crippen molar-refractivity contribution in [3.05, 3.63) is 18.6 Å². The molecular formula is C10H19+. The number of allylic oxidation sites excluding steroid dienone is 1. The second-order valence-electron chi connectivity index (χ2n) is 3.51. The molecule has 0 saturated heterocycles. The summed E-state index contributed by atoms with van der Waals surface area (Å²) < 4.78 is 0. The Kier molecular flexibility index (Phi) is 3.01. The van der Waals surface area contributed by atoms with Gasteiger partial charge in [-0.05, 0) is 19.4 Å². The predicted molar refractivity (Wildman–Crippen MR) is 47.7 cm³/mol. The topological polar surface area (TPSA) is 0 Å². The molecule has 0 rings (SSSR count). The maximum atomic E-state index is 3.99. The molecule has 0 aromatic carbocycles. The summed E-state index contributed by atoms with van der Waals surface area (Å²) in [7, 11) is 0. The summed E-state index contributed by atoms with van der Waals surface area (Å²) in [6.45, 7) is 14.9. The summed E-state index contributed by atoms with van der Waals surface area (Å²) in [5.74, 6) is 0.648. The maximum Gasteiger partial charge on any atom is 0.127 e. The first-order chi connectivity index (χ1) is 4.45. The van der Waals surface area contributed by atoms with Crippen molar-refractivity contribution in [2.75, 3.05) is 0 Å². The second kappa shape index (κ2) is 3.14. The fraction of sp³-hybridized carbons (Fsp3) is 0.700. The van der Waals surface area contributed by atoms with E-state index in [1.807, 2.05) is 0 Å². The van der Waals surface area contributed by atoms with Crippen LogP contribution in [0, 0.1) is 17.8 Å². The first-order valence-electron chi connectivity index (χ1n) is 3.91. The van der Waals surface area contributed by atoms with Crippen LogP contribution in [0.1, 0.15) is 34.6 Å². The van der Waals surface area contributed by atoms with Crippen LogP contribution in [0.3, 0.4) is 0 Å². The molecule has 0 N–H and O–H groups in total. The first kappa shape index (κ1) is 9.61. The monoisotopic (exact) mass is 139 g/mol. The third-order valence-corrected chi connectivity index (χ3v) is 2.72. The lowest BCUT2D eigenvalue weighted by molar-refractivity contribution is 0.331. The number of hydrogen-bond donors (Lipinski definition) is 0. The van der Waals surface area contributed by atoms with E-state index in [9.17, 15) is 0 Å². The van der Waals surface area contributed by atoms with E-state index in [1.54, 1.807) is 0 Å². The molecule has 0 amide bonds. The van der Waals surface area contributed by atoms with Gasteiger partial charge in [0.2, 0.25) is 0 Å². The zero-order valence-corrected chi connectivity index (χ0v) is 7.86. The van der Waals surface area contributed by atoms with Gasteiger partial charge in [-0.2, -0.15) is 0 Å². The van der Waals surface area contributed by atoms with Crippen LogP contribution in [0.15, 0.2) is 12.2 Å². The minimum atomic E-state index is 0.222. The Balaban J connectivity index is 4.38. The molecule has 0 saturated carbocycles. The van der Waals surface area contributed by atoms with Crippen LogP contribution in [-0.2, 0) is 0 Å². The van der Waals surface area contributed by atoms with Gasteiger partial charge in [-0.1, -0.05) is 20.4 Å². The van der Waals surface area contributed by atoms with Crippen LogP contribution >= 0.6 is 0 Å². The smallest absolute Gasteiger partial charge is 0.0953 e. The zero-order chi connectivity index (χ0) is 8.36. The van der Waals surface area contributed by atoms with Gasteiger partial charge in [0.05, 0.1) is 13.3 Å². The molecule has 1 unspecified atom stereocenters. The lowest BCUT2D eigenvalue weighted by atomic mass is 9.72. The van der Waals surface area contributed by atoms with Crippen LogP contribution in [0.4, 0.5) is 0 Å². The average molecular weight is 139 g/mol. The fourth-order valence-corrected chi connectivity index (χ4v) is 1.07. The minimum absolute atomic E-state index is 0.222. The largest absolute Gasteiger partial charge is 0.127 e. The normalized spacial score (nSPS) is 16.6. The molecule has 0 aromatic heterocycles. The highest BCUT2D eigenvalue weighted by Crippen LogP contribution is 2.36. The van der Waals surface area contributed by atoms with Crippen LogP contribution in [0.5, 0.6) is 0 Å². The van der Waals surface area contributed by atoms with E-state index in [0.29, 0.717) is 5.92 Å². The fourth-order valence-electron chi connectivity index (χ4n) is 1.07. The van der Waals surface area contributed by atoms with Gasteiger partial charge >= 0.3 is 0 Å². The van der Waals surface area contributed by atoms with E-state index >= 15 is 0 Å². The molecule has 0 spiro atoms. The summed E-state index contributed by atoms with van der Waals surface area (Å²) in [6, 6.07) is 0. The average Bonchev–Trinajstić information content (AvgIpc) is 1.85. The molecule has 0 radical (unpaired) electrons. The molecule has 0 fully saturated rings. The van der Waals surface area contributed by atoms with Gasteiger partial charge in [-0.15, -0.1) is 0 Å². The van der Waals surface area contributed by atoms with Crippen molar-refractivity contribution in [3.63, 3.8) is 0 Å². The summed E-state index contributed by atoms with van der Waals surface area (Å²) in [6.07, 6.45) is 2.24. The van der Waals surface area contributed by atoms with Crippen LogP contribution in [0.2, 0.25) is 0 Å². The number of hydrogen-bond acceptors (Lipinski definition) is 0. The zero-order valence-electron chi connectivity index (χ0n) is 7.86. The molecule has 0 aromatic rings. The summed E-state index contributed by atoms with van der Waals surface area (Å²) in [5, 5.41) is 0. The first-order valence-corrected chi connectivity index (χ1v) is 3.91. The highest BCUT2D eigenvalue weighted by molar-refractivity contribution is 5.12. The van der Waals surface area contributed by atoms with E-state index in [-0.39, 0.29) is 5.41 Å². The quantitative estimate of drug-likeness (QED) is 0.415. The third kappa shape index (κ3) is 1.56. The van der Waals surface area contributed by atoms with Gasteiger partial charge in [-0.25, -0.2) is 0 Å². The van der Waals surface area contributed by atoms with Crippen molar-refractivity contribution in [1.82, 2.24) is 0 Å². The van der Waals surface area contributed by atoms with Crippen molar-refractivity contribution < 1.29 is 0 Å². The van der Waals surface area contributed by atoms with E-state index in [1.165, 1.54) is 5.57 Å². The van der Waals surface area contributed by atoms with Crippen LogP contribution in [-0.4, -0.2) is 0 Å². The van der Waals surface area contributed by atoms with E-state index in [2.05, 4.69) is 47.6 Å². The predicted octanol–water partition coefficient (Wildman–Crippen LogP) is 3.45. The van der Waals surface area contributed by atoms with Crippen molar-refractivity contribution in [2.24, 2.45) is 11.3 Å². The van der Waals surface area contributed by atoms with Crippen LogP contribution < -0.4 is 0 Å². The van der Waals surface area contributed by atoms with Gasteiger partial charge in [0, 0.05) is 5.92 Å². The molecule has 10 heavy (non-hydrogen) atoms. The van der Waals surface area contributed by atoms with Crippen molar-refractivity contribution in [1.29, 1.82) is 0 Å². The minimum Gasteiger partial charge on any atom is -0.0953 e. The Labute approximate surface area is 65.3 Å². The molecule has 0 aliphatic heterocycles. The molecular weight excluding hydrogens is 120 g/mol. The molecule has 58 valence electrons. The van der Waals surface area contributed by atoms with Crippen molar-refractivity contribution in [3.8, 4) is 0 Å². The van der Waals surface area contributed by atoms with Gasteiger partial charge in [-0.3, -0.25) is 0 Å². The molecule has 0 heterocycles. The molecule has 0 heteroatoms. The Morgan fingerprint density at radius 3 is 1.90 bits per heavy atom. The number of rotatable bonds is 3. The van der Waals surface area contributed by atoms with Gasteiger partial charge < -0.3 is 0 Å². The summed E-state index contributed by atoms with van der Waals surface area (Å²) in [5.41, 5.74) is 1.48. The molecule has 0 aliphatic carbocycles. The third-order valence-electron chi connectivity index (χ3n) is 2.72. The summed E-state index contributed by atoms with van der Waals surface area (Å²) in [4.78, 5) is 0. The Morgan fingerprint density at radius 2 is 1.90 bits per heavy atom. The van der Waals surface area contributed by atoms with E-state index < -0.39 is 0 Å². The molecule has 0 nitrogen and oxygen atoms in total. The van der Waals surface area contributed by atoms with Crippen molar-refractivity contribution >= 4 is 0 Å². The van der Waals surface area contributed by atoms with E-state index in [4.69, 9.17) is 0 Å². The highest BCUT2D eigenvalue weighted by Gasteiger charge is 2.34. The Hall–Kier alpha value is -0.390. The van der Waals surface area contributed by atoms with Gasteiger partial charge in [0.25, 0.3) is 0 Å². The lowest BCUT2D eigenvalue weighted by Gasteiger charge is -2.25. The van der Waals surface area contributed by atoms with Crippen molar-refractivity contribution in [2.45, 2.75) is 34.6 Å². The maximum absolute atomic E-state index is 3.99. The Bertz CT molecular complexity index is 122. The highest BCUT2D eigenvalue weighted by atomic mass is 14.3. The Morgan fingerprint density at radius 1 is 1.50 bits per heavy atom.